The van der Waals surface area contributed by atoms with Crippen molar-refractivity contribution >= 4 is 6.21 Å². The first kappa shape index (κ1) is 13.1. The fourth-order valence-electron chi connectivity index (χ4n) is 1.45. The van der Waals surface area contributed by atoms with Crippen LogP contribution in [-0.2, 0) is 11.4 Å². The second kappa shape index (κ2) is 6.04. The van der Waals surface area contributed by atoms with Crippen LogP contribution in [-0.4, -0.2) is 6.21 Å². The molecular formula is C14H10F3NO. The SMILES string of the molecule is Fc1ccc(C=NOCc2cc(F)cc(F)c2)cc1. The molecule has 0 saturated heterocycles. The molecule has 2 nitrogen and oxygen atoms in total. The van der Waals surface area contributed by atoms with Gasteiger partial charge in [0.15, 0.2) is 0 Å². The Morgan fingerprint density at radius 2 is 1.53 bits per heavy atom. The minimum Gasteiger partial charge on any atom is -0.391 e. The van der Waals surface area contributed by atoms with Crippen LogP contribution in [0.5, 0.6) is 0 Å². The smallest absolute Gasteiger partial charge is 0.142 e. The van der Waals surface area contributed by atoms with Crippen molar-refractivity contribution in [1.29, 1.82) is 0 Å². The predicted molar refractivity (Wildman–Crippen MR) is 65.1 cm³/mol. The highest BCUT2D eigenvalue weighted by molar-refractivity contribution is 5.78. The molecule has 2 rings (SSSR count). The molecule has 0 aliphatic rings. The van der Waals surface area contributed by atoms with Gasteiger partial charge < -0.3 is 4.84 Å². The van der Waals surface area contributed by atoms with Crippen LogP contribution in [0.15, 0.2) is 47.6 Å². The van der Waals surface area contributed by atoms with Crippen molar-refractivity contribution in [2.45, 2.75) is 6.61 Å². The average Bonchev–Trinajstić information content (AvgIpc) is 2.36. The van der Waals surface area contributed by atoms with Crippen molar-refractivity contribution in [2.24, 2.45) is 5.16 Å². The molecule has 0 aliphatic carbocycles. The quantitative estimate of drug-likeness (QED) is 0.610. The zero-order valence-corrected chi connectivity index (χ0v) is 9.82. The lowest BCUT2D eigenvalue weighted by atomic mass is 10.2. The molecule has 0 bridgehead atoms. The number of hydrogen-bond acceptors (Lipinski definition) is 2. The van der Waals surface area contributed by atoms with E-state index < -0.39 is 11.6 Å². The van der Waals surface area contributed by atoms with E-state index in [0.29, 0.717) is 11.1 Å². The molecule has 0 spiro atoms. The Balaban J connectivity index is 1.91. The van der Waals surface area contributed by atoms with Gasteiger partial charge in [0.05, 0.1) is 6.21 Å². The summed E-state index contributed by atoms with van der Waals surface area (Å²) in [6.07, 6.45) is 1.38. The van der Waals surface area contributed by atoms with Gasteiger partial charge in [-0.3, -0.25) is 0 Å². The molecule has 0 fully saturated rings. The zero-order chi connectivity index (χ0) is 13.7. The molecule has 19 heavy (non-hydrogen) atoms. The van der Waals surface area contributed by atoms with Crippen LogP contribution >= 0.6 is 0 Å². The van der Waals surface area contributed by atoms with Gasteiger partial charge in [-0.15, -0.1) is 0 Å². The maximum absolute atomic E-state index is 12.9. The summed E-state index contributed by atoms with van der Waals surface area (Å²) in [4.78, 5) is 4.91. The molecule has 0 N–H and O–H groups in total. The van der Waals surface area contributed by atoms with E-state index in [-0.39, 0.29) is 12.4 Å². The second-order valence-corrected chi connectivity index (χ2v) is 3.84. The molecule has 0 unspecified atom stereocenters. The third kappa shape index (κ3) is 4.13. The van der Waals surface area contributed by atoms with Gasteiger partial charge in [-0.2, -0.15) is 0 Å². The summed E-state index contributed by atoms with van der Waals surface area (Å²) < 4.78 is 38.4. The summed E-state index contributed by atoms with van der Waals surface area (Å²) in [7, 11) is 0. The Kier molecular flexibility index (Phi) is 4.18. The summed E-state index contributed by atoms with van der Waals surface area (Å²) in [6.45, 7) is -0.0492. The average molecular weight is 265 g/mol. The number of hydrogen-bond donors (Lipinski definition) is 0. The van der Waals surface area contributed by atoms with Gasteiger partial charge >= 0.3 is 0 Å². The Morgan fingerprint density at radius 3 is 2.16 bits per heavy atom. The summed E-state index contributed by atoms with van der Waals surface area (Å²) in [5, 5.41) is 3.63. The first-order chi connectivity index (χ1) is 9.13. The molecule has 0 aliphatic heterocycles. The van der Waals surface area contributed by atoms with Crippen molar-refractivity contribution in [3.8, 4) is 0 Å². The molecule has 0 heterocycles. The highest BCUT2D eigenvalue weighted by Crippen LogP contribution is 2.09. The molecular weight excluding hydrogens is 255 g/mol. The highest BCUT2D eigenvalue weighted by atomic mass is 19.1. The molecule has 0 atom stereocenters. The molecule has 2 aromatic rings. The fraction of sp³-hybridized carbons (Fsp3) is 0.0714. The van der Waals surface area contributed by atoms with Crippen molar-refractivity contribution < 1.29 is 18.0 Å². The number of benzene rings is 2. The summed E-state index contributed by atoms with van der Waals surface area (Å²) in [5.41, 5.74) is 1.00. The van der Waals surface area contributed by atoms with Gasteiger partial charge in [-0.05, 0) is 35.4 Å². The van der Waals surface area contributed by atoms with E-state index in [1.807, 2.05) is 0 Å². The first-order valence-electron chi connectivity index (χ1n) is 5.49. The number of oxime groups is 1. The van der Waals surface area contributed by atoms with Gasteiger partial charge in [-0.25, -0.2) is 13.2 Å². The van der Waals surface area contributed by atoms with Gasteiger partial charge in [0, 0.05) is 6.07 Å². The van der Waals surface area contributed by atoms with Crippen LogP contribution in [0.4, 0.5) is 13.2 Å². The lowest BCUT2D eigenvalue weighted by Gasteiger charge is -2.00. The molecule has 0 aromatic heterocycles. The monoisotopic (exact) mass is 265 g/mol. The third-order valence-electron chi connectivity index (χ3n) is 2.30. The van der Waals surface area contributed by atoms with Crippen LogP contribution in [0.25, 0.3) is 0 Å². The van der Waals surface area contributed by atoms with E-state index in [1.165, 1.54) is 30.5 Å². The topological polar surface area (TPSA) is 21.6 Å². The van der Waals surface area contributed by atoms with E-state index in [2.05, 4.69) is 5.16 Å². The van der Waals surface area contributed by atoms with Crippen LogP contribution in [0.1, 0.15) is 11.1 Å². The van der Waals surface area contributed by atoms with Crippen molar-refractivity contribution in [2.75, 3.05) is 0 Å². The number of rotatable bonds is 4. The molecule has 0 saturated carbocycles. The maximum Gasteiger partial charge on any atom is 0.142 e. The number of halogens is 3. The molecule has 0 radical (unpaired) electrons. The Bertz CT molecular complexity index is 561. The van der Waals surface area contributed by atoms with E-state index in [1.54, 1.807) is 0 Å². The van der Waals surface area contributed by atoms with Crippen molar-refractivity contribution in [3.63, 3.8) is 0 Å². The van der Waals surface area contributed by atoms with E-state index in [9.17, 15) is 13.2 Å². The first-order valence-corrected chi connectivity index (χ1v) is 5.49. The van der Waals surface area contributed by atoms with E-state index in [4.69, 9.17) is 4.84 Å². The highest BCUT2D eigenvalue weighted by Gasteiger charge is 2.00. The van der Waals surface area contributed by atoms with Gasteiger partial charge in [0.25, 0.3) is 0 Å². The Morgan fingerprint density at radius 1 is 0.895 bits per heavy atom. The van der Waals surface area contributed by atoms with Crippen molar-refractivity contribution in [3.05, 3.63) is 71.0 Å². The molecule has 98 valence electrons. The van der Waals surface area contributed by atoms with Crippen LogP contribution in [0.2, 0.25) is 0 Å². The normalized spacial score (nSPS) is 10.9. The predicted octanol–water partition coefficient (Wildman–Crippen LogP) is 3.65. The van der Waals surface area contributed by atoms with E-state index in [0.717, 1.165) is 18.2 Å². The van der Waals surface area contributed by atoms with Crippen LogP contribution in [0.3, 0.4) is 0 Å². The Hall–Kier alpha value is -2.30. The summed E-state index contributed by atoms with van der Waals surface area (Å²) >= 11 is 0. The lowest BCUT2D eigenvalue weighted by Crippen LogP contribution is -1.91. The molecule has 2 aromatic carbocycles. The molecule has 5 heteroatoms. The second-order valence-electron chi connectivity index (χ2n) is 3.84. The van der Waals surface area contributed by atoms with Crippen molar-refractivity contribution in [1.82, 2.24) is 0 Å². The third-order valence-corrected chi connectivity index (χ3v) is 2.30. The minimum absolute atomic E-state index is 0.0492. The maximum atomic E-state index is 12.9. The fourth-order valence-corrected chi connectivity index (χ4v) is 1.45. The van der Waals surface area contributed by atoms with E-state index >= 15 is 0 Å². The standard InChI is InChI=1S/C14H10F3NO/c15-12-3-1-10(2-4-12)8-18-19-9-11-5-13(16)7-14(17)6-11/h1-8H,9H2. The van der Waals surface area contributed by atoms with Gasteiger partial charge in [0.2, 0.25) is 0 Å². The van der Waals surface area contributed by atoms with Gasteiger partial charge in [-0.1, -0.05) is 17.3 Å². The lowest BCUT2D eigenvalue weighted by molar-refractivity contribution is 0.131. The minimum atomic E-state index is -0.666. The summed E-state index contributed by atoms with van der Waals surface area (Å²) in [5.74, 6) is -1.67. The molecule has 0 amide bonds. The Labute approximate surface area is 108 Å². The largest absolute Gasteiger partial charge is 0.391 e. The zero-order valence-electron chi connectivity index (χ0n) is 9.82. The van der Waals surface area contributed by atoms with Crippen LogP contribution < -0.4 is 0 Å². The van der Waals surface area contributed by atoms with Crippen LogP contribution in [0, 0.1) is 17.5 Å². The van der Waals surface area contributed by atoms with Gasteiger partial charge in [0.1, 0.15) is 24.1 Å². The summed E-state index contributed by atoms with van der Waals surface area (Å²) in [6, 6.07) is 8.76. The number of nitrogens with zero attached hydrogens (tertiary/aromatic N) is 1.